The largest absolute Gasteiger partial charge is 0.229 e. The maximum absolute atomic E-state index is 10.0. The summed E-state index contributed by atoms with van der Waals surface area (Å²) in [7, 11) is -3.17. The van der Waals surface area contributed by atoms with Gasteiger partial charge in [-0.1, -0.05) is 6.92 Å². The van der Waals surface area contributed by atoms with Crippen molar-refractivity contribution in [3.8, 4) is 0 Å². The molecule has 0 unspecified atom stereocenters. The topological polar surface area (TPSA) is 60.2 Å². The molecule has 0 heterocycles. The van der Waals surface area contributed by atoms with Gasteiger partial charge in [-0.25, -0.2) is 13.6 Å². The van der Waals surface area contributed by atoms with Crippen molar-refractivity contribution in [1.82, 2.24) is 0 Å². The molecule has 0 atom stereocenters. The zero-order valence-corrected chi connectivity index (χ0v) is 7.48. The van der Waals surface area contributed by atoms with Gasteiger partial charge in [0.05, 0.1) is 5.75 Å². The SMILES string of the molecule is CCCS(N)(=O)=O.Cl.Cl. The molecule has 9 heavy (non-hydrogen) atoms. The minimum Gasteiger partial charge on any atom is -0.229 e. The monoisotopic (exact) mass is 195 g/mol. The lowest BCUT2D eigenvalue weighted by molar-refractivity contribution is 0.596. The molecule has 6 heteroatoms. The third-order valence-corrected chi connectivity index (χ3v) is 1.47. The predicted octanol–water partition coefficient (Wildman–Crippen LogP) is 0.528. The Labute approximate surface area is 67.9 Å². The molecular weight excluding hydrogens is 185 g/mol. The molecular formula is C3H11Cl2NO2S. The Morgan fingerprint density at radius 1 is 1.33 bits per heavy atom. The lowest BCUT2D eigenvalue weighted by Crippen LogP contribution is -2.15. The van der Waals surface area contributed by atoms with Gasteiger partial charge >= 0.3 is 0 Å². The zero-order valence-electron chi connectivity index (χ0n) is 5.03. The van der Waals surface area contributed by atoms with Crippen molar-refractivity contribution in [2.75, 3.05) is 5.75 Å². The van der Waals surface area contributed by atoms with Crippen molar-refractivity contribution >= 4 is 34.8 Å². The highest BCUT2D eigenvalue weighted by atomic mass is 35.5. The van der Waals surface area contributed by atoms with Gasteiger partial charge in [0.1, 0.15) is 0 Å². The van der Waals surface area contributed by atoms with Crippen LogP contribution in [0, 0.1) is 0 Å². The van der Waals surface area contributed by atoms with Crippen LogP contribution in [0.1, 0.15) is 13.3 Å². The van der Waals surface area contributed by atoms with Crippen LogP contribution in [0.3, 0.4) is 0 Å². The van der Waals surface area contributed by atoms with Crippen LogP contribution in [0.5, 0.6) is 0 Å². The van der Waals surface area contributed by atoms with E-state index in [2.05, 4.69) is 5.14 Å². The van der Waals surface area contributed by atoms with E-state index in [1.807, 2.05) is 0 Å². The van der Waals surface area contributed by atoms with E-state index in [-0.39, 0.29) is 30.6 Å². The fourth-order valence-electron chi connectivity index (χ4n) is 0.285. The van der Waals surface area contributed by atoms with Crippen LogP contribution in [-0.2, 0) is 10.0 Å². The standard InChI is InChI=1S/C3H9NO2S.2ClH/c1-2-3-7(4,5)6;;/h2-3H2,1H3,(H2,4,5,6);2*1H. The van der Waals surface area contributed by atoms with E-state index < -0.39 is 10.0 Å². The van der Waals surface area contributed by atoms with E-state index >= 15 is 0 Å². The number of primary sulfonamides is 1. The van der Waals surface area contributed by atoms with Crippen LogP contribution < -0.4 is 5.14 Å². The summed E-state index contributed by atoms with van der Waals surface area (Å²) in [5.41, 5.74) is 0. The van der Waals surface area contributed by atoms with Crippen LogP contribution in [0.25, 0.3) is 0 Å². The minimum absolute atomic E-state index is 0. The smallest absolute Gasteiger partial charge is 0.209 e. The molecule has 2 N–H and O–H groups in total. The first-order valence-electron chi connectivity index (χ1n) is 2.06. The highest BCUT2D eigenvalue weighted by Crippen LogP contribution is 1.79. The molecule has 3 nitrogen and oxygen atoms in total. The Hall–Kier alpha value is 0.490. The molecule has 0 aliphatic heterocycles. The van der Waals surface area contributed by atoms with Crippen molar-refractivity contribution in [2.24, 2.45) is 5.14 Å². The molecule has 0 rings (SSSR count). The molecule has 0 aromatic carbocycles. The molecule has 0 bridgehead atoms. The number of nitrogens with two attached hydrogens (primary N) is 1. The van der Waals surface area contributed by atoms with E-state index in [4.69, 9.17) is 0 Å². The van der Waals surface area contributed by atoms with Crippen LogP contribution >= 0.6 is 24.8 Å². The zero-order chi connectivity index (χ0) is 5.91. The highest BCUT2D eigenvalue weighted by molar-refractivity contribution is 7.89. The Bertz CT molecular complexity index is 133. The summed E-state index contributed by atoms with van der Waals surface area (Å²) in [6.07, 6.45) is 0.596. The Balaban J connectivity index is -0.000000180. The van der Waals surface area contributed by atoms with Gasteiger partial charge in [0.15, 0.2) is 0 Å². The summed E-state index contributed by atoms with van der Waals surface area (Å²) in [6, 6.07) is 0. The summed E-state index contributed by atoms with van der Waals surface area (Å²) in [5.74, 6) is 0.0903. The summed E-state index contributed by atoms with van der Waals surface area (Å²) in [4.78, 5) is 0. The third kappa shape index (κ3) is 17.7. The molecule has 0 aliphatic rings. The number of hydrogen-bond acceptors (Lipinski definition) is 2. The number of hydrogen-bond donors (Lipinski definition) is 1. The molecule has 0 radical (unpaired) electrons. The second-order valence-electron chi connectivity index (χ2n) is 1.37. The molecule has 0 aromatic rings. The van der Waals surface area contributed by atoms with Crippen molar-refractivity contribution in [1.29, 1.82) is 0 Å². The van der Waals surface area contributed by atoms with E-state index in [0.717, 1.165) is 0 Å². The lowest BCUT2D eigenvalue weighted by atomic mass is 10.6. The Kier molecular flexibility index (Phi) is 11.9. The van der Waals surface area contributed by atoms with Gasteiger partial charge in [-0.3, -0.25) is 0 Å². The molecule has 0 amide bonds. The maximum atomic E-state index is 10.0. The van der Waals surface area contributed by atoms with Crippen molar-refractivity contribution in [3.63, 3.8) is 0 Å². The van der Waals surface area contributed by atoms with Crippen LogP contribution in [0.15, 0.2) is 0 Å². The van der Waals surface area contributed by atoms with Gasteiger partial charge in [0.25, 0.3) is 0 Å². The van der Waals surface area contributed by atoms with Gasteiger partial charge < -0.3 is 0 Å². The molecule has 0 saturated heterocycles. The van der Waals surface area contributed by atoms with E-state index in [0.29, 0.717) is 6.42 Å². The average Bonchev–Trinajstić information content (AvgIpc) is 1.30. The third-order valence-electron chi connectivity index (χ3n) is 0.489. The van der Waals surface area contributed by atoms with Crippen LogP contribution in [0.4, 0.5) is 0 Å². The van der Waals surface area contributed by atoms with E-state index in [1.54, 1.807) is 6.92 Å². The molecule has 0 fully saturated rings. The van der Waals surface area contributed by atoms with Crippen molar-refractivity contribution in [2.45, 2.75) is 13.3 Å². The average molecular weight is 196 g/mol. The molecule has 0 spiro atoms. The Morgan fingerprint density at radius 2 is 1.67 bits per heavy atom. The molecule has 0 saturated carbocycles. The summed E-state index contributed by atoms with van der Waals surface area (Å²) in [5, 5.41) is 4.62. The number of halogens is 2. The molecule has 0 aliphatic carbocycles. The van der Waals surface area contributed by atoms with E-state index in [1.165, 1.54) is 0 Å². The van der Waals surface area contributed by atoms with Gasteiger partial charge in [-0.05, 0) is 6.42 Å². The van der Waals surface area contributed by atoms with Gasteiger partial charge in [0, 0.05) is 0 Å². The van der Waals surface area contributed by atoms with Gasteiger partial charge in [-0.2, -0.15) is 0 Å². The number of rotatable bonds is 2. The van der Waals surface area contributed by atoms with Crippen LogP contribution in [0.2, 0.25) is 0 Å². The number of sulfonamides is 1. The predicted molar refractivity (Wildman–Crippen MR) is 42.8 cm³/mol. The van der Waals surface area contributed by atoms with Crippen LogP contribution in [-0.4, -0.2) is 14.2 Å². The Morgan fingerprint density at radius 3 is 1.67 bits per heavy atom. The van der Waals surface area contributed by atoms with Crippen molar-refractivity contribution in [3.05, 3.63) is 0 Å². The minimum atomic E-state index is -3.17. The second-order valence-corrected chi connectivity index (χ2v) is 3.10. The quantitative estimate of drug-likeness (QED) is 0.700. The first-order chi connectivity index (χ1) is 3.06. The first kappa shape index (κ1) is 16.2. The van der Waals surface area contributed by atoms with Crippen molar-refractivity contribution < 1.29 is 8.42 Å². The first-order valence-corrected chi connectivity index (χ1v) is 3.78. The highest BCUT2D eigenvalue weighted by Gasteiger charge is 1.95. The normalized spacial score (nSPS) is 9.11. The lowest BCUT2D eigenvalue weighted by Gasteiger charge is -1.87. The van der Waals surface area contributed by atoms with E-state index in [9.17, 15) is 8.42 Å². The van der Waals surface area contributed by atoms with Gasteiger partial charge in [-0.15, -0.1) is 24.8 Å². The maximum Gasteiger partial charge on any atom is 0.209 e. The second kappa shape index (κ2) is 6.61. The summed E-state index contributed by atoms with van der Waals surface area (Å²) < 4.78 is 20.0. The van der Waals surface area contributed by atoms with Gasteiger partial charge in [0.2, 0.25) is 10.0 Å². The molecule has 0 aromatic heterocycles. The fraction of sp³-hybridized carbons (Fsp3) is 1.00. The summed E-state index contributed by atoms with van der Waals surface area (Å²) in [6.45, 7) is 1.77. The molecule has 60 valence electrons. The summed E-state index contributed by atoms with van der Waals surface area (Å²) >= 11 is 0. The fourth-order valence-corrected chi connectivity index (χ4v) is 0.854.